The zero-order valence-electron chi connectivity index (χ0n) is 10.5. The Bertz CT molecular complexity index is 502. The van der Waals surface area contributed by atoms with Gasteiger partial charge in [-0.2, -0.15) is 8.42 Å². The fraction of sp³-hybridized carbons (Fsp3) is 0.455. The number of hydrogen-bond acceptors (Lipinski definition) is 5. The maximum absolute atomic E-state index is 10.7. The van der Waals surface area contributed by atoms with Gasteiger partial charge in [0.2, 0.25) is 0 Å². The molecule has 0 radical (unpaired) electrons. The summed E-state index contributed by atoms with van der Waals surface area (Å²) in [5.74, 6) is 0.228. The molecule has 0 bridgehead atoms. The Kier molecular flexibility index (Phi) is 4.80. The van der Waals surface area contributed by atoms with Gasteiger partial charge in [-0.1, -0.05) is 0 Å². The molecule has 0 aliphatic rings. The molecule has 1 rings (SSSR count). The number of methoxy groups -OCH3 is 1. The van der Waals surface area contributed by atoms with Gasteiger partial charge in [-0.05, 0) is 19.1 Å². The molecule has 0 aliphatic carbocycles. The molecule has 0 atom stereocenters. The molecule has 0 saturated carbocycles. The lowest BCUT2D eigenvalue weighted by atomic mass is 10.2. The van der Waals surface area contributed by atoms with Crippen molar-refractivity contribution in [1.29, 1.82) is 0 Å². The summed E-state index contributed by atoms with van der Waals surface area (Å²) in [4.78, 5) is 1.82. The van der Waals surface area contributed by atoms with Gasteiger partial charge in [-0.3, -0.25) is 4.55 Å². The lowest BCUT2D eigenvalue weighted by molar-refractivity contribution is 0.417. The van der Waals surface area contributed by atoms with Crippen molar-refractivity contribution in [3.8, 4) is 5.75 Å². The maximum Gasteiger partial charge on any atom is 0.266 e. The van der Waals surface area contributed by atoms with E-state index in [1.165, 1.54) is 7.11 Å². The van der Waals surface area contributed by atoms with Crippen LogP contribution in [0.15, 0.2) is 18.2 Å². The van der Waals surface area contributed by atoms with Gasteiger partial charge in [-0.25, -0.2) is 0 Å². The van der Waals surface area contributed by atoms with Crippen LogP contribution in [0.2, 0.25) is 0 Å². The quantitative estimate of drug-likeness (QED) is 0.593. The molecule has 0 saturated heterocycles. The summed E-state index contributed by atoms with van der Waals surface area (Å²) >= 11 is 0. The van der Waals surface area contributed by atoms with E-state index in [2.05, 4.69) is 0 Å². The normalized spacial score (nSPS) is 11.3. The van der Waals surface area contributed by atoms with E-state index in [4.69, 9.17) is 15.0 Å². The highest BCUT2D eigenvalue weighted by Crippen LogP contribution is 2.27. The Morgan fingerprint density at radius 2 is 2.11 bits per heavy atom. The van der Waals surface area contributed by atoms with Crippen LogP contribution in [0.1, 0.15) is 6.92 Å². The summed E-state index contributed by atoms with van der Waals surface area (Å²) in [6, 6.07) is 5.22. The van der Waals surface area contributed by atoms with Gasteiger partial charge in [0.1, 0.15) is 5.75 Å². The summed E-state index contributed by atoms with van der Waals surface area (Å²) in [6.07, 6.45) is 0. The Morgan fingerprint density at radius 3 is 2.61 bits per heavy atom. The molecule has 1 aromatic carbocycles. The van der Waals surface area contributed by atoms with Crippen molar-refractivity contribution in [3.63, 3.8) is 0 Å². The number of rotatable bonds is 6. The van der Waals surface area contributed by atoms with E-state index in [-0.39, 0.29) is 12.3 Å². The highest BCUT2D eigenvalue weighted by Gasteiger charge is 2.11. The molecule has 102 valence electrons. The zero-order chi connectivity index (χ0) is 13.8. The van der Waals surface area contributed by atoms with Crippen molar-refractivity contribution < 1.29 is 17.7 Å². The predicted molar refractivity (Wildman–Crippen MR) is 71.7 cm³/mol. The number of nitrogens with zero attached hydrogens (tertiary/aromatic N) is 1. The summed E-state index contributed by atoms with van der Waals surface area (Å²) in [5.41, 5.74) is 7.02. The third-order valence-electron chi connectivity index (χ3n) is 2.58. The van der Waals surface area contributed by atoms with Gasteiger partial charge in [0.05, 0.1) is 18.6 Å². The van der Waals surface area contributed by atoms with E-state index in [0.717, 1.165) is 5.69 Å². The molecular formula is C11H18N2O4S. The number of anilines is 2. The number of nitrogen functional groups attached to an aromatic ring is 1. The minimum atomic E-state index is -3.96. The second-order valence-corrected chi connectivity index (χ2v) is 5.36. The van der Waals surface area contributed by atoms with Gasteiger partial charge >= 0.3 is 0 Å². The summed E-state index contributed by atoms with van der Waals surface area (Å²) < 4.78 is 35.3. The van der Waals surface area contributed by atoms with Crippen LogP contribution >= 0.6 is 0 Å². The second-order valence-electron chi connectivity index (χ2n) is 3.79. The zero-order valence-corrected chi connectivity index (χ0v) is 11.3. The molecule has 0 amide bonds. The SMILES string of the molecule is CCN(CCS(=O)(=O)O)c1ccc(N)c(OC)c1. The fourth-order valence-corrected chi connectivity index (χ4v) is 2.04. The summed E-state index contributed by atoms with van der Waals surface area (Å²) in [5, 5.41) is 0. The van der Waals surface area contributed by atoms with Crippen LogP contribution in [0, 0.1) is 0 Å². The van der Waals surface area contributed by atoms with Crippen molar-refractivity contribution in [2.24, 2.45) is 0 Å². The van der Waals surface area contributed by atoms with Gasteiger partial charge in [0, 0.05) is 24.8 Å². The first-order valence-corrected chi connectivity index (χ1v) is 7.12. The smallest absolute Gasteiger partial charge is 0.266 e. The molecule has 0 spiro atoms. The van der Waals surface area contributed by atoms with E-state index in [1.54, 1.807) is 18.2 Å². The van der Waals surface area contributed by atoms with Gasteiger partial charge < -0.3 is 15.4 Å². The Labute approximate surface area is 107 Å². The van der Waals surface area contributed by atoms with Crippen LogP contribution in [0.3, 0.4) is 0 Å². The first-order valence-electron chi connectivity index (χ1n) is 5.51. The van der Waals surface area contributed by atoms with Crippen molar-refractivity contribution in [2.45, 2.75) is 6.92 Å². The number of benzene rings is 1. The topological polar surface area (TPSA) is 92.9 Å². The van der Waals surface area contributed by atoms with Crippen molar-refractivity contribution in [3.05, 3.63) is 18.2 Å². The van der Waals surface area contributed by atoms with Gasteiger partial charge in [0.15, 0.2) is 0 Å². The predicted octanol–water partition coefficient (Wildman–Crippen LogP) is 0.992. The molecule has 7 heteroatoms. The average Bonchev–Trinajstić information content (AvgIpc) is 2.30. The standard InChI is InChI=1S/C11H18N2O4S/c1-3-13(6-7-18(14,15)16)9-4-5-10(12)11(8-9)17-2/h4-5,8H,3,6-7,12H2,1-2H3,(H,14,15,16). The van der Waals surface area contributed by atoms with E-state index in [9.17, 15) is 8.42 Å². The molecule has 6 nitrogen and oxygen atoms in total. The molecule has 0 unspecified atom stereocenters. The number of hydrogen-bond donors (Lipinski definition) is 2. The Balaban J connectivity index is 2.88. The lowest BCUT2D eigenvalue weighted by Crippen LogP contribution is -2.28. The highest BCUT2D eigenvalue weighted by atomic mass is 32.2. The lowest BCUT2D eigenvalue weighted by Gasteiger charge is -2.23. The number of ether oxygens (including phenoxy) is 1. The van der Waals surface area contributed by atoms with E-state index in [0.29, 0.717) is 18.0 Å². The molecule has 0 aromatic heterocycles. The van der Waals surface area contributed by atoms with Crippen LogP contribution in [0.5, 0.6) is 5.75 Å². The Morgan fingerprint density at radius 1 is 1.44 bits per heavy atom. The van der Waals surface area contributed by atoms with E-state index < -0.39 is 10.1 Å². The van der Waals surface area contributed by atoms with Crippen molar-refractivity contribution in [2.75, 3.05) is 36.6 Å². The van der Waals surface area contributed by atoms with Crippen LogP contribution < -0.4 is 15.4 Å². The third-order valence-corrected chi connectivity index (χ3v) is 3.28. The molecule has 0 fully saturated rings. The Hall–Kier alpha value is -1.47. The molecule has 18 heavy (non-hydrogen) atoms. The summed E-state index contributed by atoms with van der Waals surface area (Å²) in [6.45, 7) is 2.72. The molecule has 0 aliphatic heterocycles. The first kappa shape index (κ1) is 14.6. The average molecular weight is 274 g/mol. The van der Waals surface area contributed by atoms with Crippen LogP contribution in [-0.4, -0.2) is 38.9 Å². The summed E-state index contributed by atoms with van der Waals surface area (Å²) in [7, 11) is -2.44. The first-order chi connectivity index (χ1) is 8.37. The van der Waals surface area contributed by atoms with Crippen LogP contribution in [0.4, 0.5) is 11.4 Å². The molecule has 3 N–H and O–H groups in total. The highest BCUT2D eigenvalue weighted by molar-refractivity contribution is 7.85. The monoisotopic (exact) mass is 274 g/mol. The minimum absolute atomic E-state index is 0.211. The van der Waals surface area contributed by atoms with Crippen molar-refractivity contribution >= 4 is 21.5 Å². The maximum atomic E-state index is 10.7. The van der Waals surface area contributed by atoms with Crippen molar-refractivity contribution in [1.82, 2.24) is 0 Å². The van der Waals surface area contributed by atoms with Gasteiger partial charge in [-0.15, -0.1) is 0 Å². The second kappa shape index (κ2) is 5.92. The molecule has 0 heterocycles. The fourth-order valence-electron chi connectivity index (χ4n) is 1.59. The minimum Gasteiger partial charge on any atom is -0.495 e. The van der Waals surface area contributed by atoms with E-state index in [1.807, 2.05) is 11.8 Å². The molecule has 1 aromatic rings. The van der Waals surface area contributed by atoms with Gasteiger partial charge in [0.25, 0.3) is 10.1 Å². The van der Waals surface area contributed by atoms with E-state index >= 15 is 0 Å². The third kappa shape index (κ3) is 4.08. The van der Waals surface area contributed by atoms with Crippen LogP contribution in [0.25, 0.3) is 0 Å². The molecular weight excluding hydrogens is 256 g/mol. The van der Waals surface area contributed by atoms with Crippen LogP contribution in [-0.2, 0) is 10.1 Å². The largest absolute Gasteiger partial charge is 0.495 e. The number of nitrogens with two attached hydrogens (primary N) is 1.